The van der Waals surface area contributed by atoms with E-state index in [1.165, 1.54) is 0 Å². The van der Waals surface area contributed by atoms with Crippen LogP contribution in [-0.4, -0.2) is 37.1 Å². The Morgan fingerprint density at radius 2 is 1.73 bits per heavy atom. The van der Waals surface area contributed by atoms with Crippen LogP contribution in [0.1, 0.15) is 33.0 Å². The fourth-order valence-corrected chi connectivity index (χ4v) is 3.88. The number of benzene rings is 2. The highest BCUT2D eigenvalue weighted by Gasteiger charge is 2.27. The molecule has 0 saturated carbocycles. The fourth-order valence-electron chi connectivity index (χ4n) is 3.88. The number of carbonyl (C=O) groups excluding carboxylic acids is 1. The molecule has 1 amide bonds. The predicted octanol–water partition coefficient (Wildman–Crippen LogP) is 2.92. The topological polar surface area (TPSA) is 83.9 Å². The second kappa shape index (κ2) is 6.95. The van der Waals surface area contributed by atoms with Crippen molar-refractivity contribution in [2.45, 2.75) is 26.8 Å². The molecular formula is C23H21N5O2. The van der Waals surface area contributed by atoms with Crippen molar-refractivity contribution in [3.05, 3.63) is 87.1 Å². The molecule has 0 unspecified atom stereocenters. The van der Waals surface area contributed by atoms with Gasteiger partial charge in [0.25, 0.3) is 11.5 Å². The van der Waals surface area contributed by atoms with Crippen molar-refractivity contribution in [1.29, 1.82) is 0 Å². The first-order chi connectivity index (χ1) is 14.5. The van der Waals surface area contributed by atoms with Gasteiger partial charge in [0.2, 0.25) is 0 Å². The summed E-state index contributed by atoms with van der Waals surface area (Å²) in [4.78, 5) is 36.9. The highest BCUT2D eigenvalue weighted by Crippen LogP contribution is 2.20. The Morgan fingerprint density at radius 3 is 2.50 bits per heavy atom. The number of nitrogens with zero attached hydrogens (tertiary/aromatic N) is 4. The molecule has 0 bridgehead atoms. The Hall–Kier alpha value is -3.74. The molecule has 2 aromatic carbocycles. The number of aryl methyl sites for hydroxylation is 2. The number of carbonyl (C=O) groups is 1. The van der Waals surface area contributed by atoms with Gasteiger partial charge in [-0.1, -0.05) is 18.2 Å². The molecule has 0 saturated heterocycles. The Kier molecular flexibility index (Phi) is 4.24. The molecule has 1 N–H and O–H groups in total. The largest absolute Gasteiger partial charge is 0.334 e. The summed E-state index contributed by atoms with van der Waals surface area (Å²) in [7, 11) is 0. The number of hydrogen-bond donors (Lipinski definition) is 1. The lowest BCUT2D eigenvalue weighted by molar-refractivity contribution is 0.0734. The normalized spacial score (nSPS) is 13.5. The number of H-pyrrole nitrogens is 1. The van der Waals surface area contributed by atoms with Gasteiger partial charge in [0.05, 0.1) is 40.2 Å². The van der Waals surface area contributed by atoms with E-state index < -0.39 is 0 Å². The lowest BCUT2D eigenvalue weighted by Gasteiger charge is -2.26. The fraction of sp³-hybridized carbons (Fsp3) is 0.217. The van der Waals surface area contributed by atoms with Gasteiger partial charge >= 0.3 is 0 Å². The number of aromatic nitrogens is 4. The van der Waals surface area contributed by atoms with E-state index >= 15 is 0 Å². The molecule has 2 aromatic heterocycles. The first-order valence-corrected chi connectivity index (χ1v) is 9.94. The van der Waals surface area contributed by atoms with Crippen molar-refractivity contribution in [2.24, 2.45) is 0 Å². The molecule has 0 radical (unpaired) electrons. The average molecular weight is 399 g/mol. The Morgan fingerprint density at radius 1 is 1.00 bits per heavy atom. The molecule has 150 valence electrons. The molecule has 0 atom stereocenters. The second-order valence-corrected chi connectivity index (χ2v) is 7.62. The Labute approximate surface area is 173 Å². The summed E-state index contributed by atoms with van der Waals surface area (Å²) in [6.45, 7) is 4.68. The monoisotopic (exact) mass is 399 g/mol. The summed E-state index contributed by atoms with van der Waals surface area (Å²) in [6, 6.07) is 14.9. The van der Waals surface area contributed by atoms with E-state index in [1.807, 2.05) is 50.2 Å². The standard InChI is InChI=1S/C23H21N5O2/c1-14-15(2)25-21-12-16(8-9-20(21)24-14)22(29)27-11-10-19-18(13-27)23(30)28(26-19)17-6-4-3-5-7-17/h3-9,12,26H,10-11,13H2,1-2H3. The quantitative estimate of drug-likeness (QED) is 0.562. The van der Waals surface area contributed by atoms with E-state index in [-0.39, 0.29) is 11.5 Å². The van der Waals surface area contributed by atoms with Gasteiger partial charge in [-0.2, -0.15) is 0 Å². The molecule has 0 spiro atoms. The van der Waals surface area contributed by atoms with E-state index in [4.69, 9.17) is 0 Å². The van der Waals surface area contributed by atoms with Crippen LogP contribution in [0.5, 0.6) is 0 Å². The van der Waals surface area contributed by atoms with Gasteiger partial charge < -0.3 is 4.90 Å². The maximum atomic E-state index is 13.2. The minimum Gasteiger partial charge on any atom is -0.334 e. The maximum Gasteiger partial charge on any atom is 0.276 e. The van der Waals surface area contributed by atoms with Gasteiger partial charge in [-0.05, 0) is 44.2 Å². The smallest absolute Gasteiger partial charge is 0.276 e. The van der Waals surface area contributed by atoms with Gasteiger partial charge in [0.1, 0.15) is 0 Å². The zero-order chi connectivity index (χ0) is 20.8. The summed E-state index contributed by atoms with van der Waals surface area (Å²) >= 11 is 0. The van der Waals surface area contributed by atoms with Crippen LogP contribution >= 0.6 is 0 Å². The molecule has 0 aliphatic carbocycles. The van der Waals surface area contributed by atoms with Gasteiger partial charge in [-0.3, -0.25) is 14.7 Å². The van der Waals surface area contributed by atoms with Crippen molar-refractivity contribution >= 4 is 16.9 Å². The number of nitrogens with one attached hydrogen (secondary N) is 1. The third-order valence-corrected chi connectivity index (χ3v) is 5.68. The third kappa shape index (κ3) is 2.99. The molecule has 3 heterocycles. The number of para-hydroxylation sites is 1. The average Bonchev–Trinajstić information content (AvgIpc) is 3.10. The molecule has 5 rings (SSSR count). The van der Waals surface area contributed by atoms with Crippen LogP contribution in [0.2, 0.25) is 0 Å². The minimum atomic E-state index is -0.107. The zero-order valence-electron chi connectivity index (χ0n) is 16.8. The van der Waals surface area contributed by atoms with Crippen LogP contribution in [0.25, 0.3) is 16.7 Å². The first-order valence-electron chi connectivity index (χ1n) is 9.94. The lowest BCUT2D eigenvalue weighted by Crippen LogP contribution is -2.37. The third-order valence-electron chi connectivity index (χ3n) is 5.68. The van der Waals surface area contributed by atoms with E-state index in [2.05, 4.69) is 15.1 Å². The highest BCUT2D eigenvalue weighted by atomic mass is 16.2. The van der Waals surface area contributed by atoms with Gasteiger partial charge in [0, 0.05) is 24.2 Å². The van der Waals surface area contributed by atoms with Crippen LogP contribution in [0.4, 0.5) is 0 Å². The number of fused-ring (bicyclic) bond motifs is 2. The van der Waals surface area contributed by atoms with E-state index in [9.17, 15) is 9.59 Å². The summed E-state index contributed by atoms with van der Waals surface area (Å²) in [5, 5.41) is 3.20. The van der Waals surface area contributed by atoms with Crippen LogP contribution in [0, 0.1) is 13.8 Å². The molecule has 7 nitrogen and oxygen atoms in total. The lowest BCUT2D eigenvalue weighted by atomic mass is 10.1. The second-order valence-electron chi connectivity index (χ2n) is 7.62. The molecule has 4 aromatic rings. The van der Waals surface area contributed by atoms with Crippen molar-refractivity contribution < 1.29 is 4.79 Å². The molecule has 0 fully saturated rings. The Bertz CT molecular complexity index is 1340. The maximum absolute atomic E-state index is 13.2. The first kappa shape index (κ1) is 18.3. The summed E-state index contributed by atoms with van der Waals surface area (Å²) in [5.74, 6) is -0.102. The van der Waals surface area contributed by atoms with Crippen LogP contribution in [0.3, 0.4) is 0 Å². The summed E-state index contributed by atoms with van der Waals surface area (Å²) in [6.07, 6.45) is 0.613. The van der Waals surface area contributed by atoms with Gasteiger partial charge in [-0.15, -0.1) is 0 Å². The van der Waals surface area contributed by atoms with Crippen molar-refractivity contribution in [3.63, 3.8) is 0 Å². The molecule has 1 aliphatic heterocycles. The summed E-state index contributed by atoms with van der Waals surface area (Å²) in [5.41, 5.74) is 5.98. The van der Waals surface area contributed by atoms with Crippen molar-refractivity contribution in [3.8, 4) is 5.69 Å². The summed E-state index contributed by atoms with van der Waals surface area (Å²) < 4.78 is 1.55. The number of hydrogen-bond acceptors (Lipinski definition) is 4. The van der Waals surface area contributed by atoms with Crippen molar-refractivity contribution in [2.75, 3.05) is 6.54 Å². The Balaban J connectivity index is 1.45. The molecule has 30 heavy (non-hydrogen) atoms. The van der Waals surface area contributed by atoms with Gasteiger partial charge in [0.15, 0.2) is 0 Å². The van der Waals surface area contributed by atoms with Crippen molar-refractivity contribution in [1.82, 2.24) is 24.6 Å². The zero-order valence-corrected chi connectivity index (χ0v) is 16.8. The number of amides is 1. The number of aromatic amines is 1. The van der Waals surface area contributed by atoms with Crippen LogP contribution < -0.4 is 5.56 Å². The highest BCUT2D eigenvalue weighted by molar-refractivity contribution is 5.97. The predicted molar refractivity (Wildman–Crippen MR) is 114 cm³/mol. The van der Waals surface area contributed by atoms with E-state index in [0.29, 0.717) is 36.2 Å². The van der Waals surface area contributed by atoms with E-state index in [1.54, 1.807) is 21.7 Å². The molecule has 7 heteroatoms. The van der Waals surface area contributed by atoms with Crippen LogP contribution in [0.15, 0.2) is 53.3 Å². The minimum absolute atomic E-state index is 0.102. The van der Waals surface area contributed by atoms with E-state index in [0.717, 1.165) is 28.3 Å². The SMILES string of the molecule is Cc1nc2ccc(C(=O)N3CCc4[nH]n(-c5ccccc5)c(=O)c4C3)cc2nc1C. The number of rotatable bonds is 2. The van der Waals surface area contributed by atoms with Crippen LogP contribution in [-0.2, 0) is 13.0 Å². The van der Waals surface area contributed by atoms with Gasteiger partial charge in [-0.25, -0.2) is 14.6 Å². The molecular weight excluding hydrogens is 378 g/mol. The molecule has 1 aliphatic rings.